The zero-order valence-electron chi connectivity index (χ0n) is 9.70. The van der Waals surface area contributed by atoms with Gasteiger partial charge < -0.3 is 4.57 Å². The third-order valence-corrected chi connectivity index (χ3v) is 2.41. The number of aromatic nitrogens is 1. The number of aliphatic imine (C=N–C) groups is 1. The van der Waals surface area contributed by atoms with Crippen molar-refractivity contribution < 1.29 is 0 Å². The molecule has 80 valence electrons. The van der Waals surface area contributed by atoms with Gasteiger partial charge in [-0.3, -0.25) is 4.99 Å². The van der Waals surface area contributed by atoms with E-state index in [1.54, 1.807) is 18.5 Å². The normalized spacial score (nSPS) is 11.2. The van der Waals surface area contributed by atoms with E-state index in [0.717, 1.165) is 11.4 Å². The van der Waals surface area contributed by atoms with Crippen molar-refractivity contribution in [2.45, 2.75) is 26.7 Å². The molecule has 2 nitrogen and oxygen atoms in total. The van der Waals surface area contributed by atoms with E-state index in [2.05, 4.69) is 38.2 Å². The van der Waals surface area contributed by atoms with Crippen molar-refractivity contribution in [3.05, 3.63) is 36.7 Å². The zero-order valence-corrected chi connectivity index (χ0v) is 9.70. The van der Waals surface area contributed by atoms with E-state index in [9.17, 15) is 0 Å². The molecule has 0 fully saturated rings. The van der Waals surface area contributed by atoms with Gasteiger partial charge in [-0.05, 0) is 18.4 Å². The van der Waals surface area contributed by atoms with Crippen LogP contribution in [0, 0.1) is 6.92 Å². The van der Waals surface area contributed by atoms with Crippen molar-refractivity contribution in [1.29, 1.82) is 0 Å². The summed E-state index contributed by atoms with van der Waals surface area (Å²) in [5.74, 6) is 0.460. The largest absolute Gasteiger partial charge is 0.326 e. The summed E-state index contributed by atoms with van der Waals surface area (Å²) < 4.78 is 2.01. The smallest absolute Gasteiger partial charge is 0.0873 e. The summed E-state index contributed by atoms with van der Waals surface area (Å²) in [6, 6.07) is 0. The molecule has 1 aromatic heterocycles. The van der Waals surface area contributed by atoms with Crippen molar-refractivity contribution in [1.82, 2.24) is 4.57 Å². The number of hydrogen-bond acceptors (Lipinski definition) is 1. The first kappa shape index (κ1) is 11.5. The summed E-state index contributed by atoms with van der Waals surface area (Å²) in [7, 11) is 0. The van der Waals surface area contributed by atoms with E-state index in [0.29, 0.717) is 5.92 Å². The maximum atomic E-state index is 4.40. The van der Waals surface area contributed by atoms with E-state index in [1.807, 2.05) is 11.5 Å². The molecular formula is C13H18N2. The van der Waals surface area contributed by atoms with Crippen LogP contribution in [0.3, 0.4) is 0 Å². The molecule has 15 heavy (non-hydrogen) atoms. The second-order valence-corrected chi connectivity index (χ2v) is 3.78. The van der Waals surface area contributed by atoms with Gasteiger partial charge in [-0.25, -0.2) is 0 Å². The Bertz CT molecular complexity index is 395. The molecule has 0 spiro atoms. The van der Waals surface area contributed by atoms with Crippen LogP contribution in [0.1, 0.15) is 31.0 Å². The van der Waals surface area contributed by atoms with Gasteiger partial charge in [0, 0.05) is 24.3 Å². The fourth-order valence-electron chi connectivity index (χ4n) is 1.55. The molecule has 1 heterocycles. The Labute approximate surface area is 91.7 Å². The molecule has 0 unspecified atom stereocenters. The van der Waals surface area contributed by atoms with E-state index in [-0.39, 0.29) is 0 Å². The molecule has 1 rings (SSSR count). The molecule has 0 radical (unpaired) electrons. The summed E-state index contributed by atoms with van der Waals surface area (Å²) in [6.07, 6.45) is 7.30. The maximum absolute atomic E-state index is 4.40. The third kappa shape index (κ3) is 2.27. The van der Waals surface area contributed by atoms with Gasteiger partial charge in [-0.1, -0.05) is 33.1 Å². The van der Waals surface area contributed by atoms with E-state index in [4.69, 9.17) is 0 Å². The molecule has 1 aromatic rings. The van der Waals surface area contributed by atoms with Crippen molar-refractivity contribution >= 4 is 18.1 Å². The molecule has 2 heteroatoms. The lowest BCUT2D eigenvalue weighted by Crippen LogP contribution is -1.84. The van der Waals surface area contributed by atoms with E-state index < -0.39 is 0 Å². The van der Waals surface area contributed by atoms with Gasteiger partial charge in [0.15, 0.2) is 0 Å². The van der Waals surface area contributed by atoms with Crippen LogP contribution in [0.2, 0.25) is 0 Å². The highest BCUT2D eigenvalue weighted by atomic mass is 15.0. The maximum Gasteiger partial charge on any atom is 0.0873 e. The predicted molar refractivity (Wildman–Crippen MR) is 68.0 cm³/mol. The Morgan fingerprint density at radius 3 is 2.53 bits per heavy atom. The number of allylic oxidation sites excluding steroid dienone is 1. The molecule has 0 saturated heterocycles. The Hall–Kier alpha value is -1.57. The van der Waals surface area contributed by atoms with Gasteiger partial charge in [0.2, 0.25) is 0 Å². The van der Waals surface area contributed by atoms with Crippen molar-refractivity contribution in [3.8, 4) is 0 Å². The second-order valence-electron chi connectivity index (χ2n) is 3.78. The average molecular weight is 202 g/mol. The van der Waals surface area contributed by atoms with Crippen LogP contribution in [-0.2, 0) is 0 Å². The highest BCUT2D eigenvalue weighted by molar-refractivity contribution is 5.75. The quantitative estimate of drug-likeness (QED) is 0.659. The van der Waals surface area contributed by atoms with Crippen molar-refractivity contribution in [2.24, 2.45) is 4.99 Å². The van der Waals surface area contributed by atoms with Gasteiger partial charge >= 0.3 is 0 Å². The van der Waals surface area contributed by atoms with Gasteiger partial charge in [-0.15, -0.1) is 0 Å². The van der Waals surface area contributed by atoms with E-state index in [1.165, 1.54) is 5.56 Å². The summed E-state index contributed by atoms with van der Waals surface area (Å²) >= 11 is 0. The number of rotatable bonds is 4. The van der Waals surface area contributed by atoms with Crippen LogP contribution < -0.4 is 0 Å². The second kappa shape index (κ2) is 4.78. The Balaban J connectivity index is 3.31. The van der Waals surface area contributed by atoms with Crippen LogP contribution in [0.25, 0.3) is 6.20 Å². The van der Waals surface area contributed by atoms with Gasteiger partial charge in [0.25, 0.3) is 0 Å². The summed E-state index contributed by atoms with van der Waals surface area (Å²) in [6.45, 7) is 13.8. The number of nitrogens with zero attached hydrogens (tertiary/aromatic N) is 2. The molecule has 0 amide bonds. The van der Waals surface area contributed by atoms with E-state index >= 15 is 0 Å². The molecule has 0 saturated carbocycles. The standard InChI is InChI=1S/C13H18N2/c1-6-8-14-13-11(5)15(7-2)9-12(13)10(3)4/h6-10H,1-2H2,3-5H3/b14-8-. The molecular weight excluding hydrogens is 184 g/mol. The van der Waals surface area contributed by atoms with Crippen molar-refractivity contribution in [2.75, 3.05) is 0 Å². The molecule has 0 aliphatic rings. The van der Waals surface area contributed by atoms with Crippen LogP contribution in [-0.4, -0.2) is 10.8 Å². The van der Waals surface area contributed by atoms with Gasteiger partial charge in [0.05, 0.1) is 5.69 Å². The Morgan fingerprint density at radius 2 is 2.07 bits per heavy atom. The first-order valence-corrected chi connectivity index (χ1v) is 5.10. The van der Waals surface area contributed by atoms with Gasteiger partial charge in [0.1, 0.15) is 0 Å². The fourth-order valence-corrected chi connectivity index (χ4v) is 1.55. The minimum absolute atomic E-state index is 0.460. The highest BCUT2D eigenvalue weighted by Gasteiger charge is 2.12. The lowest BCUT2D eigenvalue weighted by atomic mass is 10.1. The Morgan fingerprint density at radius 1 is 1.40 bits per heavy atom. The molecule has 0 aliphatic carbocycles. The molecule has 0 N–H and O–H groups in total. The summed E-state index contributed by atoms with van der Waals surface area (Å²) in [5.41, 5.74) is 3.39. The monoisotopic (exact) mass is 202 g/mol. The van der Waals surface area contributed by atoms with Gasteiger partial charge in [-0.2, -0.15) is 0 Å². The average Bonchev–Trinajstić information content (AvgIpc) is 2.52. The molecule has 0 aliphatic heterocycles. The predicted octanol–water partition coefficient (Wildman–Crippen LogP) is 3.91. The van der Waals surface area contributed by atoms with Crippen LogP contribution in [0.15, 0.2) is 30.4 Å². The van der Waals surface area contributed by atoms with Crippen molar-refractivity contribution in [3.63, 3.8) is 0 Å². The SMILES string of the molecule is C=C/C=N\c1c(C(C)C)cn(C=C)c1C. The topological polar surface area (TPSA) is 17.3 Å². The fraction of sp³-hybridized carbons (Fsp3) is 0.308. The molecule has 0 atom stereocenters. The van der Waals surface area contributed by atoms with Crippen LogP contribution >= 0.6 is 0 Å². The highest BCUT2D eigenvalue weighted by Crippen LogP contribution is 2.31. The minimum atomic E-state index is 0.460. The lowest BCUT2D eigenvalue weighted by Gasteiger charge is -2.02. The third-order valence-electron chi connectivity index (χ3n) is 2.41. The summed E-state index contributed by atoms with van der Waals surface area (Å²) in [5, 5.41) is 0. The summed E-state index contributed by atoms with van der Waals surface area (Å²) in [4.78, 5) is 4.40. The van der Waals surface area contributed by atoms with Crippen LogP contribution in [0.5, 0.6) is 0 Å². The first-order chi connectivity index (χ1) is 7.11. The molecule has 0 aromatic carbocycles. The first-order valence-electron chi connectivity index (χ1n) is 5.10. The minimum Gasteiger partial charge on any atom is -0.326 e. The van der Waals surface area contributed by atoms with Crippen LogP contribution in [0.4, 0.5) is 5.69 Å². The molecule has 0 bridgehead atoms. The Kier molecular flexibility index (Phi) is 3.67. The lowest BCUT2D eigenvalue weighted by molar-refractivity contribution is 0.866. The number of hydrogen-bond donors (Lipinski definition) is 0. The zero-order chi connectivity index (χ0) is 11.4.